The number of furan rings is 1. The van der Waals surface area contributed by atoms with Gasteiger partial charge in [-0.05, 0) is 50.1 Å². The molecule has 2 aromatic rings. The Kier molecular flexibility index (Phi) is 4.45. The summed E-state index contributed by atoms with van der Waals surface area (Å²) in [4.78, 5) is 11.3. The fourth-order valence-electron chi connectivity index (χ4n) is 2.15. The van der Waals surface area contributed by atoms with Gasteiger partial charge in [-0.2, -0.15) is 0 Å². The molecule has 0 spiro atoms. The van der Waals surface area contributed by atoms with Gasteiger partial charge in [-0.25, -0.2) is 0 Å². The maximum atomic E-state index is 11.3. The quantitative estimate of drug-likeness (QED) is 0.849. The first-order valence-corrected chi connectivity index (χ1v) is 6.75. The highest BCUT2D eigenvalue weighted by molar-refractivity contribution is 5.95. The van der Waals surface area contributed by atoms with Crippen molar-refractivity contribution in [2.24, 2.45) is 5.73 Å². The molecule has 1 atom stereocenters. The van der Waals surface area contributed by atoms with Gasteiger partial charge in [0.1, 0.15) is 5.76 Å². The highest BCUT2D eigenvalue weighted by Gasteiger charge is 2.08. The summed E-state index contributed by atoms with van der Waals surface area (Å²) in [5.41, 5.74) is 7.73. The van der Waals surface area contributed by atoms with E-state index in [-0.39, 0.29) is 6.04 Å². The van der Waals surface area contributed by atoms with Crippen LogP contribution >= 0.6 is 0 Å². The summed E-state index contributed by atoms with van der Waals surface area (Å²) in [6.07, 6.45) is 3.52. The van der Waals surface area contributed by atoms with Crippen molar-refractivity contribution >= 4 is 11.6 Å². The zero-order valence-corrected chi connectivity index (χ0v) is 11.8. The lowest BCUT2D eigenvalue weighted by Gasteiger charge is -2.15. The van der Waals surface area contributed by atoms with E-state index in [1.165, 1.54) is 0 Å². The van der Waals surface area contributed by atoms with Crippen LogP contribution in [0, 0.1) is 6.92 Å². The third-order valence-corrected chi connectivity index (χ3v) is 3.32. The Balaban J connectivity index is 1.95. The van der Waals surface area contributed by atoms with Crippen molar-refractivity contribution in [2.75, 3.05) is 5.32 Å². The summed E-state index contributed by atoms with van der Waals surface area (Å²) >= 11 is 0. The number of nitrogens with one attached hydrogen (secondary N) is 1. The van der Waals surface area contributed by atoms with Gasteiger partial charge in [-0.15, -0.1) is 0 Å². The monoisotopic (exact) mass is 272 g/mol. The van der Waals surface area contributed by atoms with Crippen LogP contribution in [0.3, 0.4) is 0 Å². The second kappa shape index (κ2) is 6.28. The van der Waals surface area contributed by atoms with E-state index in [4.69, 9.17) is 10.2 Å². The predicted molar refractivity (Wildman–Crippen MR) is 79.8 cm³/mol. The first-order valence-electron chi connectivity index (χ1n) is 6.75. The SMILES string of the molecule is Cc1ccc(N[C@@H](C)CCc2ccco2)cc1C(N)=O. The fraction of sp³-hybridized carbons (Fsp3) is 0.312. The molecule has 0 unspecified atom stereocenters. The molecule has 0 saturated carbocycles. The second-order valence-corrected chi connectivity index (χ2v) is 5.06. The highest BCUT2D eigenvalue weighted by atomic mass is 16.3. The standard InChI is InChI=1S/C16H20N2O2/c1-11-5-7-13(10-15(11)16(17)19)18-12(2)6-8-14-4-3-9-20-14/h3-5,7,9-10,12,18H,6,8H2,1-2H3,(H2,17,19)/t12-/m0/s1. The van der Waals surface area contributed by atoms with Crippen molar-refractivity contribution in [1.82, 2.24) is 0 Å². The molecular weight excluding hydrogens is 252 g/mol. The van der Waals surface area contributed by atoms with E-state index < -0.39 is 5.91 Å². The lowest BCUT2D eigenvalue weighted by atomic mass is 10.1. The van der Waals surface area contributed by atoms with E-state index in [1.54, 1.807) is 12.3 Å². The van der Waals surface area contributed by atoms with E-state index in [9.17, 15) is 4.79 Å². The summed E-state index contributed by atoms with van der Waals surface area (Å²) in [6, 6.07) is 9.83. The van der Waals surface area contributed by atoms with E-state index in [0.29, 0.717) is 5.56 Å². The molecule has 1 aromatic heterocycles. The number of hydrogen-bond acceptors (Lipinski definition) is 3. The average Bonchev–Trinajstić information content (AvgIpc) is 2.91. The molecule has 1 amide bonds. The molecule has 0 radical (unpaired) electrons. The molecule has 20 heavy (non-hydrogen) atoms. The lowest BCUT2D eigenvalue weighted by molar-refractivity contribution is 0.0999. The smallest absolute Gasteiger partial charge is 0.249 e. The van der Waals surface area contributed by atoms with Crippen LogP contribution in [0.4, 0.5) is 5.69 Å². The Morgan fingerprint density at radius 2 is 2.20 bits per heavy atom. The minimum absolute atomic E-state index is 0.281. The van der Waals surface area contributed by atoms with E-state index in [0.717, 1.165) is 29.9 Å². The molecule has 106 valence electrons. The van der Waals surface area contributed by atoms with E-state index >= 15 is 0 Å². The third kappa shape index (κ3) is 3.63. The first kappa shape index (κ1) is 14.2. The summed E-state index contributed by atoms with van der Waals surface area (Å²) in [5, 5.41) is 3.38. The predicted octanol–water partition coefficient (Wildman–Crippen LogP) is 3.12. The van der Waals surface area contributed by atoms with Gasteiger partial charge in [-0.3, -0.25) is 4.79 Å². The van der Waals surface area contributed by atoms with Crippen LogP contribution in [0.5, 0.6) is 0 Å². The minimum Gasteiger partial charge on any atom is -0.469 e. The molecule has 3 N–H and O–H groups in total. The molecule has 1 aromatic carbocycles. The summed E-state index contributed by atoms with van der Waals surface area (Å²) in [7, 11) is 0. The Bertz CT molecular complexity index is 576. The zero-order valence-electron chi connectivity index (χ0n) is 11.8. The number of anilines is 1. The number of hydrogen-bond donors (Lipinski definition) is 2. The maximum Gasteiger partial charge on any atom is 0.249 e. The van der Waals surface area contributed by atoms with Crippen molar-refractivity contribution < 1.29 is 9.21 Å². The molecule has 0 bridgehead atoms. The summed E-state index contributed by atoms with van der Waals surface area (Å²) in [6.45, 7) is 3.98. The van der Waals surface area contributed by atoms with Gasteiger partial charge in [0.15, 0.2) is 0 Å². The Hall–Kier alpha value is -2.23. The highest BCUT2D eigenvalue weighted by Crippen LogP contribution is 2.17. The number of benzene rings is 1. The normalized spacial score (nSPS) is 12.1. The fourth-order valence-corrected chi connectivity index (χ4v) is 2.15. The molecule has 2 rings (SSSR count). The number of carbonyl (C=O) groups excluding carboxylic acids is 1. The number of carbonyl (C=O) groups is 1. The van der Waals surface area contributed by atoms with Gasteiger partial charge < -0.3 is 15.5 Å². The number of amides is 1. The van der Waals surface area contributed by atoms with Crippen LogP contribution in [-0.2, 0) is 6.42 Å². The number of rotatable bonds is 6. The second-order valence-electron chi connectivity index (χ2n) is 5.06. The van der Waals surface area contributed by atoms with Crippen molar-refractivity contribution in [2.45, 2.75) is 32.7 Å². The number of primary amides is 1. The van der Waals surface area contributed by atoms with Crippen molar-refractivity contribution in [3.8, 4) is 0 Å². The van der Waals surface area contributed by atoms with Gasteiger partial charge in [0.25, 0.3) is 0 Å². The van der Waals surface area contributed by atoms with Crippen molar-refractivity contribution in [3.05, 3.63) is 53.5 Å². The first-order chi connectivity index (χ1) is 9.56. The average molecular weight is 272 g/mol. The van der Waals surface area contributed by atoms with E-state index in [1.807, 2.05) is 31.2 Å². The minimum atomic E-state index is -0.394. The van der Waals surface area contributed by atoms with Crippen LogP contribution in [0.2, 0.25) is 0 Å². The van der Waals surface area contributed by atoms with Crippen LogP contribution in [0.25, 0.3) is 0 Å². The Labute approximate surface area is 119 Å². The number of nitrogens with two attached hydrogens (primary N) is 1. The molecule has 1 heterocycles. The molecule has 0 saturated heterocycles. The van der Waals surface area contributed by atoms with Gasteiger partial charge in [0.2, 0.25) is 5.91 Å². The molecule has 4 heteroatoms. The van der Waals surface area contributed by atoms with Crippen LogP contribution in [-0.4, -0.2) is 11.9 Å². The third-order valence-electron chi connectivity index (χ3n) is 3.32. The van der Waals surface area contributed by atoms with Gasteiger partial charge in [0.05, 0.1) is 6.26 Å². The molecular formula is C16H20N2O2. The molecule has 4 nitrogen and oxygen atoms in total. The van der Waals surface area contributed by atoms with E-state index in [2.05, 4.69) is 12.2 Å². The molecule has 0 aliphatic carbocycles. The van der Waals surface area contributed by atoms with Gasteiger partial charge >= 0.3 is 0 Å². The largest absolute Gasteiger partial charge is 0.469 e. The summed E-state index contributed by atoms with van der Waals surface area (Å²) < 4.78 is 5.31. The molecule has 0 fully saturated rings. The Morgan fingerprint density at radius 3 is 2.85 bits per heavy atom. The molecule has 0 aliphatic heterocycles. The van der Waals surface area contributed by atoms with Crippen LogP contribution < -0.4 is 11.1 Å². The van der Waals surface area contributed by atoms with Gasteiger partial charge in [-0.1, -0.05) is 6.07 Å². The maximum absolute atomic E-state index is 11.3. The topological polar surface area (TPSA) is 68.3 Å². The van der Waals surface area contributed by atoms with Gasteiger partial charge in [0, 0.05) is 23.7 Å². The van der Waals surface area contributed by atoms with Crippen LogP contribution in [0.1, 0.15) is 35.0 Å². The summed E-state index contributed by atoms with van der Waals surface area (Å²) in [5.74, 6) is 0.592. The zero-order chi connectivity index (χ0) is 14.5. The van der Waals surface area contributed by atoms with Crippen molar-refractivity contribution in [1.29, 1.82) is 0 Å². The lowest BCUT2D eigenvalue weighted by Crippen LogP contribution is -2.17. The number of aryl methyl sites for hydroxylation is 2. The molecule has 0 aliphatic rings. The Morgan fingerprint density at radius 1 is 1.40 bits per heavy atom. The van der Waals surface area contributed by atoms with Crippen LogP contribution in [0.15, 0.2) is 41.0 Å². The van der Waals surface area contributed by atoms with Crippen molar-refractivity contribution in [3.63, 3.8) is 0 Å².